The van der Waals surface area contributed by atoms with Gasteiger partial charge in [-0.1, -0.05) is 12.8 Å². The third kappa shape index (κ3) is 1.94. The maximum Gasteiger partial charge on any atom is 0.0716 e. The second-order valence-corrected chi connectivity index (χ2v) is 2.78. The Morgan fingerprint density at radius 3 is 2.70 bits per heavy atom. The predicted octanol–water partition coefficient (Wildman–Crippen LogP) is 0.441. The molecule has 0 heterocycles. The lowest BCUT2D eigenvalue weighted by Crippen LogP contribution is -2.41. The van der Waals surface area contributed by atoms with Crippen LogP contribution in [0.2, 0.25) is 0 Å². The second-order valence-electron chi connectivity index (χ2n) is 2.78. The zero-order valence-corrected chi connectivity index (χ0v) is 6.34. The zero-order valence-electron chi connectivity index (χ0n) is 6.34. The summed E-state index contributed by atoms with van der Waals surface area (Å²) < 4.78 is 0. The van der Waals surface area contributed by atoms with Gasteiger partial charge >= 0.3 is 0 Å². The van der Waals surface area contributed by atoms with Gasteiger partial charge in [-0.2, -0.15) is 5.48 Å². The van der Waals surface area contributed by atoms with E-state index in [9.17, 15) is 5.11 Å². The first kappa shape index (κ1) is 7.98. The fourth-order valence-corrected chi connectivity index (χ4v) is 1.40. The van der Waals surface area contributed by atoms with Crippen molar-refractivity contribution in [3.63, 3.8) is 0 Å². The van der Waals surface area contributed by atoms with Crippen LogP contribution in [-0.2, 0) is 4.84 Å². The molecule has 0 spiro atoms. The van der Waals surface area contributed by atoms with Crippen LogP contribution in [0.1, 0.15) is 25.7 Å². The Hall–Kier alpha value is -0.120. The average Bonchev–Trinajstić information content (AvgIpc) is 1.94. The number of rotatable bonds is 2. The molecule has 0 bridgehead atoms. The molecule has 10 heavy (non-hydrogen) atoms. The Balaban J connectivity index is 2.25. The average molecular weight is 145 g/mol. The normalized spacial score (nSPS) is 34.2. The molecule has 3 heteroatoms. The lowest BCUT2D eigenvalue weighted by Gasteiger charge is -2.27. The highest BCUT2D eigenvalue weighted by atomic mass is 16.6. The fourth-order valence-electron chi connectivity index (χ4n) is 1.40. The van der Waals surface area contributed by atoms with E-state index in [1.807, 2.05) is 0 Å². The summed E-state index contributed by atoms with van der Waals surface area (Å²) in [5.74, 6) is 0. The van der Waals surface area contributed by atoms with Gasteiger partial charge in [-0.25, -0.2) is 0 Å². The van der Waals surface area contributed by atoms with Gasteiger partial charge in [0, 0.05) is 0 Å². The van der Waals surface area contributed by atoms with E-state index in [4.69, 9.17) is 4.84 Å². The van der Waals surface area contributed by atoms with E-state index < -0.39 is 0 Å². The molecule has 1 rings (SSSR count). The topological polar surface area (TPSA) is 41.5 Å². The molecule has 2 N–H and O–H groups in total. The molecule has 60 valence electrons. The monoisotopic (exact) mass is 145 g/mol. The van der Waals surface area contributed by atoms with Crippen LogP contribution in [0, 0.1) is 0 Å². The number of aliphatic hydroxyl groups excluding tert-OH is 1. The highest BCUT2D eigenvalue weighted by molar-refractivity contribution is 4.77. The molecule has 1 aliphatic rings. The van der Waals surface area contributed by atoms with Gasteiger partial charge in [-0.3, -0.25) is 0 Å². The van der Waals surface area contributed by atoms with Crippen LogP contribution >= 0.6 is 0 Å². The van der Waals surface area contributed by atoms with Crippen molar-refractivity contribution in [3.8, 4) is 0 Å². The molecule has 0 saturated heterocycles. The Bertz CT molecular complexity index is 95.6. The van der Waals surface area contributed by atoms with Crippen molar-refractivity contribution in [2.45, 2.75) is 37.8 Å². The van der Waals surface area contributed by atoms with Crippen LogP contribution in [-0.4, -0.2) is 24.4 Å². The van der Waals surface area contributed by atoms with Crippen LogP contribution in [0.5, 0.6) is 0 Å². The van der Waals surface area contributed by atoms with E-state index in [1.165, 1.54) is 6.42 Å². The molecule has 0 aromatic carbocycles. The first-order valence-electron chi connectivity index (χ1n) is 3.81. The molecule has 2 atom stereocenters. The van der Waals surface area contributed by atoms with Gasteiger partial charge in [-0.15, -0.1) is 0 Å². The van der Waals surface area contributed by atoms with Crippen LogP contribution < -0.4 is 5.48 Å². The van der Waals surface area contributed by atoms with Crippen molar-refractivity contribution < 1.29 is 9.94 Å². The molecule has 2 unspecified atom stereocenters. The second kappa shape index (κ2) is 3.91. The number of hydrogen-bond donors (Lipinski definition) is 2. The maximum atomic E-state index is 9.36. The number of hydroxylamine groups is 1. The maximum absolute atomic E-state index is 9.36. The SMILES string of the molecule is CONC1CCCCC1O. The summed E-state index contributed by atoms with van der Waals surface area (Å²) >= 11 is 0. The summed E-state index contributed by atoms with van der Waals surface area (Å²) in [6, 6.07) is 0.152. The summed E-state index contributed by atoms with van der Waals surface area (Å²) in [4.78, 5) is 4.74. The highest BCUT2D eigenvalue weighted by Gasteiger charge is 2.22. The van der Waals surface area contributed by atoms with E-state index in [0.717, 1.165) is 19.3 Å². The molecule has 1 fully saturated rings. The number of hydrogen-bond acceptors (Lipinski definition) is 3. The van der Waals surface area contributed by atoms with Crippen molar-refractivity contribution in [1.29, 1.82) is 0 Å². The predicted molar refractivity (Wildman–Crippen MR) is 38.4 cm³/mol. The van der Waals surface area contributed by atoms with Crippen molar-refractivity contribution in [2.75, 3.05) is 7.11 Å². The largest absolute Gasteiger partial charge is 0.391 e. The standard InChI is InChI=1S/C7H15NO2/c1-10-8-6-4-2-3-5-7(6)9/h6-9H,2-5H2,1H3. The van der Waals surface area contributed by atoms with Crippen LogP contribution in [0.15, 0.2) is 0 Å². The van der Waals surface area contributed by atoms with E-state index in [1.54, 1.807) is 7.11 Å². The van der Waals surface area contributed by atoms with E-state index >= 15 is 0 Å². The minimum absolute atomic E-state index is 0.152. The van der Waals surface area contributed by atoms with Crippen LogP contribution in [0.4, 0.5) is 0 Å². The summed E-state index contributed by atoms with van der Waals surface area (Å²) in [7, 11) is 1.58. The minimum Gasteiger partial charge on any atom is -0.391 e. The Labute approximate surface area is 61.3 Å². The van der Waals surface area contributed by atoms with E-state index in [2.05, 4.69) is 5.48 Å². The summed E-state index contributed by atoms with van der Waals surface area (Å²) in [5, 5.41) is 9.36. The van der Waals surface area contributed by atoms with Crippen LogP contribution in [0.25, 0.3) is 0 Å². The first-order chi connectivity index (χ1) is 4.84. The number of aliphatic hydroxyl groups is 1. The third-order valence-electron chi connectivity index (χ3n) is 2.00. The van der Waals surface area contributed by atoms with Gasteiger partial charge in [0.25, 0.3) is 0 Å². The van der Waals surface area contributed by atoms with Crippen molar-refractivity contribution in [3.05, 3.63) is 0 Å². The molecular formula is C7H15NO2. The lowest BCUT2D eigenvalue weighted by atomic mass is 9.93. The molecular weight excluding hydrogens is 130 g/mol. The minimum atomic E-state index is -0.214. The smallest absolute Gasteiger partial charge is 0.0716 e. The molecule has 1 saturated carbocycles. The van der Waals surface area contributed by atoms with Crippen molar-refractivity contribution in [2.24, 2.45) is 0 Å². The summed E-state index contributed by atoms with van der Waals surface area (Å²) in [6.07, 6.45) is 4.05. The fraction of sp³-hybridized carbons (Fsp3) is 1.00. The van der Waals surface area contributed by atoms with E-state index in [-0.39, 0.29) is 12.1 Å². The molecule has 3 nitrogen and oxygen atoms in total. The molecule has 0 aromatic rings. The Morgan fingerprint density at radius 2 is 2.10 bits per heavy atom. The van der Waals surface area contributed by atoms with Gasteiger partial charge in [0.1, 0.15) is 0 Å². The molecule has 0 aromatic heterocycles. The third-order valence-corrected chi connectivity index (χ3v) is 2.00. The Kier molecular flexibility index (Phi) is 3.12. The molecule has 0 radical (unpaired) electrons. The van der Waals surface area contributed by atoms with E-state index in [0.29, 0.717) is 0 Å². The molecule has 1 aliphatic carbocycles. The van der Waals surface area contributed by atoms with Gasteiger partial charge in [0.2, 0.25) is 0 Å². The van der Waals surface area contributed by atoms with Gasteiger partial charge < -0.3 is 9.94 Å². The Morgan fingerprint density at radius 1 is 1.40 bits per heavy atom. The van der Waals surface area contributed by atoms with Gasteiger partial charge in [0.15, 0.2) is 0 Å². The molecule has 0 aliphatic heterocycles. The van der Waals surface area contributed by atoms with Crippen molar-refractivity contribution >= 4 is 0 Å². The summed E-state index contributed by atoms with van der Waals surface area (Å²) in [5.41, 5.74) is 2.78. The highest BCUT2D eigenvalue weighted by Crippen LogP contribution is 2.17. The van der Waals surface area contributed by atoms with Gasteiger partial charge in [0.05, 0.1) is 19.3 Å². The van der Waals surface area contributed by atoms with Gasteiger partial charge in [-0.05, 0) is 12.8 Å². The first-order valence-corrected chi connectivity index (χ1v) is 3.81. The quantitative estimate of drug-likeness (QED) is 0.554. The summed E-state index contributed by atoms with van der Waals surface area (Å²) in [6.45, 7) is 0. The molecule has 0 amide bonds. The van der Waals surface area contributed by atoms with Crippen LogP contribution in [0.3, 0.4) is 0 Å². The number of nitrogens with one attached hydrogen (secondary N) is 1. The zero-order chi connectivity index (χ0) is 7.40. The van der Waals surface area contributed by atoms with Crippen molar-refractivity contribution in [1.82, 2.24) is 5.48 Å². The lowest BCUT2D eigenvalue weighted by molar-refractivity contribution is -0.0111.